The number of thiazole rings is 1. The quantitative estimate of drug-likeness (QED) is 0.259. The van der Waals surface area contributed by atoms with Gasteiger partial charge in [-0.05, 0) is 73.9 Å². The van der Waals surface area contributed by atoms with Crippen LogP contribution in [-0.2, 0) is 16.1 Å². The monoisotopic (exact) mass is 588 g/mol. The van der Waals surface area contributed by atoms with Gasteiger partial charge in [-0.2, -0.15) is 0 Å². The zero-order valence-electron chi connectivity index (χ0n) is 23.1. The van der Waals surface area contributed by atoms with Crippen LogP contribution in [0.5, 0.6) is 11.5 Å². The molecule has 41 heavy (non-hydrogen) atoms. The number of allylic oxidation sites excluding steroid dienone is 1. The van der Waals surface area contributed by atoms with Crippen molar-refractivity contribution in [1.29, 1.82) is 0 Å². The minimum Gasteiger partial charge on any atom is -0.496 e. The van der Waals surface area contributed by atoms with Crippen molar-refractivity contribution in [3.05, 3.63) is 125 Å². The summed E-state index contributed by atoms with van der Waals surface area (Å²) in [6.45, 7) is 6.01. The second-order valence-electron chi connectivity index (χ2n) is 9.48. The predicted octanol–water partition coefficient (Wildman–Crippen LogP) is 5.35. The number of hydrogen-bond donors (Lipinski definition) is 0. The Labute approximate surface area is 246 Å². The van der Waals surface area contributed by atoms with E-state index in [4.69, 9.17) is 25.8 Å². The first kappa shape index (κ1) is 28.4. The van der Waals surface area contributed by atoms with Crippen molar-refractivity contribution in [3.63, 3.8) is 0 Å². The number of carbonyl (C=O) groups excluding carboxylic acids is 1. The lowest BCUT2D eigenvalue weighted by atomic mass is 9.96. The largest absolute Gasteiger partial charge is 0.496 e. The average molecular weight is 589 g/mol. The highest BCUT2D eigenvalue weighted by Gasteiger charge is 2.33. The number of ether oxygens (including phenoxy) is 3. The molecule has 2 heterocycles. The molecule has 0 N–H and O–H groups in total. The van der Waals surface area contributed by atoms with Crippen LogP contribution in [0.1, 0.15) is 42.1 Å². The average Bonchev–Trinajstić information content (AvgIpc) is 3.26. The van der Waals surface area contributed by atoms with Gasteiger partial charge in [-0.1, -0.05) is 59.3 Å². The molecule has 0 amide bonds. The van der Waals surface area contributed by atoms with Crippen molar-refractivity contribution < 1.29 is 19.0 Å². The van der Waals surface area contributed by atoms with E-state index in [1.807, 2.05) is 67.6 Å². The third kappa shape index (κ3) is 5.85. The Hall–Kier alpha value is -4.14. The smallest absolute Gasteiger partial charge is 0.338 e. The summed E-state index contributed by atoms with van der Waals surface area (Å²) in [5, 5.41) is 0.557. The van der Waals surface area contributed by atoms with Crippen LogP contribution >= 0.6 is 22.9 Å². The highest BCUT2D eigenvalue weighted by atomic mass is 35.5. The van der Waals surface area contributed by atoms with Crippen LogP contribution < -0.4 is 24.4 Å². The molecule has 0 bridgehead atoms. The van der Waals surface area contributed by atoms with E-state index in [0.29, 0.717) is 38.0 Å². The number of carbonyl (C=O) groups is 1. The maximum absolute atomic E-state index is 13.9. The SMILES string of the molecule is CCOC(=O)C1=C(C)N=c2sc(=Cc3ccc(OC)c(COc4ccccc4C)c3)c(=O)n2C1c1ccc(Cl)cc1. The molecule has 210 valence electrons. The first-order chi connectivity index (χ1) is 19.8. The Balaban J connectivity index is 1.58. The van der Waals surface area contributed by atoms with Crippen LogP contribution in [0, 0.1) is 6.92 Å². The molecule has 0 fully saturated rings. The molecule has 0 aliphatic carbocycles. The number of aromatic nitrogens is 1. The van der Waals surface area contributed by atoms with Crippen molar-refractivity contribution in [3.8, 4) is 11.5 Å². The molecule has 1 aromatic heterocycles. The van der Waals surface area contributed by atoms with E-state index < -0.39 is 12.0 Å². The lowest BCUT2D eigenvalue weighted by molar-refractivity contribution is -0.139. The van der Waals surface area contributed by atoms with Gasteiger partial charge in [0.15, 0.2) is 4.80 Å². The zero-order valence-corrected chi connectivity index (χ0v) is 24.7. The van der Waals surface area contributed by atoms with Crippen LogP contribution in [-0.4, -0.2) is 24.3 Å². The number of fused-ring (bicyclic) bond motifs is 1. The summed E-state index contributed by atoms with van der Waals surface area (Å²) in [6, 6.07) is 19.9. The molecular weight excluding hydrogens is 560 g/mol. The molecule has 0 saturated heterocycles. The molecule has 1 unspecified atom stereocenters. The number of halogens is 1. The lowest BCUT2D eigenvalue weighted by Crippen LogP contribution is -2.39. The maximum Gasteiger partial charge on any atom is 0.338 e. The number of methoxy groups -OCH3 is 1. The standard InChI is InChI=1S/C32H29ClN2O5S/c1-5-39-31(37)28-20(3)34-32-35(29(28)22-11-13-24(33)14-12-22)30(36)27(41-32)17-21-10-15-26(38-4)23(16-21)18-40-25-9-7-6-8-19(25)2/h6-17,29H,5,18H2,1-4H3. The van der Waals surface area contributed by atoms with E-state index in [0.717, 1.165) is 28.0 Å². The topological polar surface area (TPSA) is 79.1 Å². The summed E-state index contributed by atoms with van der Waals surface area (Å²) in [4.78, 5) is 32.1. The number of benzene rings is 3. The maximum atomic E-state index is 13.9. The van der Waals surface area contributed by atoms with Crippen molar-refractivity contribution in [2.24, 2.45) is 4.99 Å². The van der Waals surface area contributed by atoms with E-state index >= 15 is 0 Å². The molecule has 5 rings (SSSR count). The normalized spacial score (nSPS) is 14.9. The molecule has 0 saturated carbocycles. The van der Waals surface area contributed by atoms with Gasteiger partial charge in [-0.3, -0.25) is 9.36 Å². The summed E-state index contributed by atoms with van der Waals surface area (Å²) in [6.07, 6.45) is 1.82. The molecule has 1 aliphatic rings. The number of nitrogens with zero attached hydrogens (tertiary/aromatic N) is 2. The summed E-state index contributed by atoms with van der Waals surface area (Å²) >= 11 is 7.41. The van der Waals surface area contributed by atoms with E-state index in [1.54, 1.807) is 37.7 Å². The van der Waals surface area contributed by atoms with Crippen molar-refractivity contribution >= 4 is 35.0 Å². The lowest BCUT2D eigenvalue weighted by Gasteiger charge is -2.24. The minimum atomic E-state index is -0.696. The Kier molecular flexibility index (Phi) is 8.42. The third-order valence-electron chi connectivity index (χ3n) is 6.78. The van der Waals surface area contributed by atoms with Gasteiger partial charge in [0.05, 0.1) is 35.6 Å². The molecule has 4 aromatic rings. The van der Waals surface area contributed by atoms with Gasteiger partial charge < -0.3 is 14.2 Å². The van der Waals surface area contributed by atoms with Gasteiger partial charge >= 0.3 is 5.97 Å². The fourth-order valence-electron chi connectivity index (χ4n) is 4.78. The number of hydrogen-bond acceptors (Lipinski definition) is 7. The van der Waals surface area contributed by atoms with E-state index in [2.05, 4.69) is 4.99 Å². The molecule has 1 aliphatic heterocycles. The van der Waals surface area contributed by atoms with Crippen LogP contribution in [0.3, 0.4) is 0 Å². The number of esters is 1. The van der Waals surface area contributed by atoms with Gasteiger partial charge in [0.1, 0.15) is 18.1 Å². The first-order valence-corrected chi connectivity index (χ1v) is 14.3. The van der Waals surface area contributed by atoms with Crippen molar-refractivity contribution in [1.82, 2.24) is 4.57 Å². The fraction of sp³-hybridized carbons (Fsp3) is 0.219. The molecule has 0 spiro atoms. The fourth-order valence-corrected chi connectivity index (χ4v) is 5.95. The first-order valence-electron chi connectivity index (χ1n) is 13.1. The zero-order chi connectivity index (χ0) is 29.1. The highest BCUT2D eigenvalue weighted by Crippen LogP contribution is 2.31. The van der Waals surface area contributed by atoms with E-state index in [-0.39, 0.29) is 12.2 Å². The van der Waals surface area contributed by atoms with Gasteiger partial charge in [0.2, 0.25) is 0 Å². The van der Waals surface area contributed by atoms with Crippen molar-refractivity contribution in [2.45, 2.75) is 33.4 Å². The van der Waals surface area contributed by atoms with Gasteiger partial charge in [0, 0.05) is 10.6 Å². The highest BCUT2D eigenvalue weighted by molar-refractivity contribution is 7.07. The number of para-hydroxylation sites is 1. The molecule has 7 nitrogen and oxygen atoms in total. The van der Waals surface area contributed by atoms with Crippen molar-refractivity contribution in [2.75, 3.05) is 13.7 Å². The van der Waals surface area contributed by atoms with Gasteiger partial charge in [-0.15, -0.1) is 0 Å². The van der Waals surface area contributed by atoms with E-state index in [9.17, 15) is 9.59 Å². The number of rotatable bonds is 8. The number of aryl methyl sites for hydroxylation is 1. The summed E-state index contributed by atoms with van der Waals surface area (Å²) in [7, 11) is 1.62. The van der Waals surface area contributed by atoms with Crippen LogP contribution in [0.4, 0.5) is 0 Å². The second-order valence-corrected chi connectivity index (χ2v) is 10.9. The van der Waals surface area contributed by atoms with Crippen LogP contribution in [0.2, 0.25) is 5.02 Å². The van der Waals surface area contributed by atoms with Crippen LogP contribution in [0.15, 0.2) is 87.8 Å². The second kappa shape index (κ2) is 12.2. The molecule has 9 heteroatoms. The Bertz CT molecular complexity index is 1820. The Morgan fingerprint density at radius 2 is 1.83 bits per heavy atom. The van der Waals surface area contributed by atoms with Crippen LogP contribution in [0.25, 0.3) is 6.08 Å². The Morgan fingerprint density at radius 1 is 1.07 bits per heavy atom. The van der Waals surface area contributed by atoms with Gasteiger partial charge in [-0.25, -0.2) is 9.79 Å². The van der Waals surface area contributed by atoms with Gasteiger partial charge in [0.25, 0.3) is 5.56 Å². The molecule has 1 atom stereocenters. The van der Waals surface area contributed by atoms with E-state index in [1.165, 1.54) is 11.3 Å². The third-order valence-corrected chi connectivity index (χ3v) is 8.02. The predicted molar refractivity (Wildman–Crippen MR) is 160 cm³/mol. The Morgan fingerprint density at radius 3 is 2.54 bits per heavy atom. The molecule has 0 radical (unpaired) electrons. The molecule has 3 aromatic carbocycles. The summed E-state index contributed by atoms with van der Waals surface area (Å²) < 4.78 is 19.0. The summed E-state index contributed by atoms with van der Waals surface area (Å²) in [5.74, 6) is 0.981. The minimum absolute atomic E-state index is 0.209. The summed E-state index contributed by atoms with van der Waals surface area (Å²) in [5.41, 5.74) is 4.01. The molecular formula is C32H29ClN2O5S.